The van der Waals surface area contributed by atoms with E-state index in [1.165, 1.54) is 19.3 Å². The monoisotopic (exact) mass is 356 g/mol. The summed E-state index contributed by atoms with van der Waals surface area (Å²) in [5.74, 6) is -0.365. The van der Waals surface area contributed by atoms with Crippen molar-refractivity contribution in [1.82, 2.24) is 5.32 Å². The first-order chi connectivity index (χ1) is 12.6. The number of aliphatic imine (C=N–C) groups is 1. The Bertz CT molecular complexity index is 692. The highest BCUT2D eigenvalue weighted by atomic mass is 16.5. The fraction of sp³-hybridized carbons (Fsp3) is 0.571. The second-order valence-corrected chi connectivity index (χ2v) is 7.41. The van der Waals surface area contributed by atoms with Crippen LogP contribution in [0.1, 0.15) is 62.6 Å². The number of aryl methyl sites for hydroxylation is 1. The van der Waals surface area contributed by atoms with Gasteiger partial charge in [-0.05, 0) is 37.7 Å². The molecular formula is C21H28N2O3. The predicted octanol–water partition coefficient (Wildman–Crippen LogP) is 4.35. The van der Waals surface area contributed by atoms with Gasteiger partial charge in [-0.1, -0.05) is 56.0 Å². The molecule has 140 valence electrons. The van der Waals surface area contributed by atoms with Gasteiger partial charge in [0.05, 0.1) is 12.6 Å². The quantitative estimate of drug-likeness (QED) is 0.798. The van der Waals surface area contributed by atoms with Crippen molar-refractivity contribution in [3.63, 3.8) is 0 Å². The van der Waals surface area contributed by atoms with Gasteiger partial charge in [0, 0.05) is 5.71 Å². The van der Waals surface area contributed by atoms with E-state index in [4.69, 9.17) is 4.74 Å². The van der Waals surface area contributed by atoms with Gasteiger partial charge in [-0.2, -0.15) is 0 Å². The third kappa shape index (κ3) is 4.32. The van der Waals surface area contributed by atoms with E-state index in [0.29, 0.717) is 24.7 Å². The maximum atomic E-state index is 12.9. The van der Waals surface area contributed by atoms with Crippen LogP contribution in [0, 0.1) is 18.8 Å². The summed E-state index contributed by atoms with van der Waals surface area (Å²) >= 11 is 0. The van der Waals surface area contributed by atoms with Crippen molar-refractivity contribution in [3.8, 4) is 0 Å². The molecule has 2 aliphatic rings. The van der Waals surface area contributed by atoms with Gasteiger partial charge in [-0.25, -0.2) is 9.79 Å². The highest BCUT2D eigenvalue weighted by molar-refractivity contribution is 6.09. The van der Waals surface area contributed by atoms with E-state index in [1.807, 2.05) is 38.1 Å². The van der Waals surface area contributed by atoms with Crippen LogP contribution in [0.25, 0.3) is 0 Å². The van der Waals surface area contributed by atoms with Gasteiger partial charge >= 0.3 is 12.0 Å². The van der Waals surface area contributed by atoms with Crippen molar-refractivity contribution in [2.24, 2.45) is 16.8 Å². The zero-order chi connectivity index (χ0) is 18.5. The van der Waals surface area contributed by atoms with Crippen molar-refractivity contribution >= 4 is 17.7 Å². The molecular weight excluding hydrogens is 328 g/mol. The number of ether oxygens (including phenoxy) is 1. The van der Waals surface area contributed by atoms with Crippen LogP contribution in [0.5, 0.6) is 0 Å². The molecule has 0 saturated heterocycles. The van der Waals surface area contributed by atoms with Crippen molar-refractivity contribution in [2.75, 3.05) is 6.61 Å². The summed E-state index contributed by atoms with van der Waals surface area (Å²) in [5, 5.41) is 2.87. The van der Waals surface area contributed by atoms with Gasteiger partial charge in [0.2, 0.25) is 0 Å². The minimum Gasteiger partial charge on any atom is -0.465 e. The first-order valence-electron chi connectivity index (χ1n) is 9.69. The first-order valence-corrected chi connectivity index (χ1v) is 9.69. The van der Waals surface area contributed by atoms with Gasteiger partial charge in [0.15, 0.2) is 0 Å². The van der Waals surface area contributed by atoms with Gasteiger partial charge < -0.3 is 10.1 Å². The molecule has 1 aromatic rings. The van der Waals surface area contributed by atoms with Crippen molar-refractivity contribution in [2.45, 2.75) is 58.4 Å². The van der Waals surface area contributed by atoms with E-state index < -0.39 is 12.0 Å². The fourth-order valence-electron chi connectivity index (χ4n) is 4.00. The molecule has 2 unspecified atom stereocenters. The molecule has 5 nitrogen and oxygen atoms in total. The number of esters is 1. The summed E-state index contributed by atoms with van der Waals surface area (Å²) < 4.78 is 5.70. The average Bonchev–Trinajstić information content (AvgIpc) is 2.66. The first kappa shape index (κ1) is 18.6. The molecule has 26 heavy (non-hydrogen) atoms. The number of hydrogen-bond acceptors (Lipinski definition) is 3. The molecule has 0 bridgehead atoms. The van der Waals surface area contributed by atoms with Gasteiger partial charge in [-0.3, -0.25) is 4.79 Å². The average molecular weight is 356 g/mol. The molecule has 1 N–H and O–H groups in total. The molecule has 1 heterocycles. The summed E-state index contributed by atoms with van der Waals surface area (Å²) in [4.78, 5) is 29.0. The molecule has 0 spiro atoms. The zero-order valence-electron chi connectivity index (χ0n) is 15.7. The number of rotatable bonds is 5. The SMILES string of the molecule is CCC1=NC(=O)NC(c2cccc(C)c2)C1C(=O)OCC1CCCCC1. The molecule has 5 heteroatoms. The van der Waals surface area contributed by atoms with E-state index in [-0.39, 0.29) is 12.0 Å². The predicted molar refractivity (Wildman–Crippen MR) is 101 cm³/mol. The maximum absolute atomic E-state index is 12.9. The van der Waals surface area contributed by atoms with Crippen LogP contribution in [0.15, 0.2) is 29.3 Å². The van der Waals surface area contributed by atoms with Crippen molar-refractivity contribution < 1.29 is 14.3 Å². The molecule has 1 saturated carbocycles. The standard InChI is InChI=1S/C21H28N2O3/c1-3-17-18(20(24)26-13-15-9-5-4-6-10-15)19(23-21(25)22-17)16-11-7-8-14(2)12-16/h7-8,11-12,15,18-19H,3-6,9-10,13H2,1-2H3,(H,23,25). The lowest BCUT2D eigenvalue weighted by atomic mass is 9.86. The Hall–Kier alpha value is -2.17. The Balaban J connectivity index is 1.79. The molecule has 1 aromatic carbocycles. The summed E-state index contributed by atoms with van der Waals surface area (Å²) in [6, 6.07) is 7.08. The van der Waals surface area contributed by atoms with E-state index in [9.17, 15) is 9.59 Å². The lowest BCUT2D eigenvalue weighted by Crippen LogP contribution is -2.45. The van der Waals surface area contributed by atoms with Crippen LogP contribution >= 0.6 is 0 Å². The lowest BCUT2D eigenvalue weighted by Gasteiger charge is -2.31. The molecule has 1 aliphatic carbocycles. The number of benzene rings is 1. The third-order valence-corrected chi connectivity index (χ3v) is 5.42. The topological polar surface area (TPSA) is 67.8 Å². The zero-order valence-corrected chi connectivity index (χ0v) is 15.7. The smallest absolute Gasteiger partial charge is 0.341 e. The molecule has 0 aromatic heterocycles. The number of nitrogens with zero attached hydrogens (tertiary/aromatic N) is 1. The van der Waals surface area contributed by atoms with E-state index in [1.54, 1.807) is 0 Å². The van der Waals surface area contributed by atoms with Crippen molar-refractivity contribution in [3.05, 3.63) is 35.4 Å². The number of carbonyl (C=O) groups is 2. The number of carbonyl (C=O) groups excluding carboxylic acids is 2. The van der Waals surface area contributed by atoms with Gasteiger partial charge in [0.25, 0.3) is 0 Å². The van der Waals surface area contributed by atoms with Crippen LogP contribution in [0.4, 0.5) is 4.79 Å². The Morgan fingerprint density at radius 3 is 2.73 bits per heavy atom. The number of hydrogen-bond donors (Lipinski definition) is 1. The number of urea groups is 1. The normalized spacial score (nSPS) is 23.9. The van der Waals surface area contributed by atoms with E-state index in [2.05, 4.69) is 10.3 Å². The fourth-order valence-corrected chi connectivity index (χ4v) is 4.00. The minimum absolute atomic E-state index is 0.275. The molecule has 0 radical (unpaired) electrons. The maximum Gasteiger partial charge on any atom is 0.341 e. The summed E-state index contributed by atoms with van der Waals surface area (Å²) in [6.07, 6.45) is 6.53. The van der Waals surface area contributed by atoms with Gasteiger partial charge in [0.1, 0.15) is 5.92 Å². The minimum atomic E-state index is -0.553. The van der Waals surface area contributed by atoms with E-state index >= 15 is 0 Å². The van der Waals surface area contributed by atoms with E-state index in [0.717, 1.165) is 24.0 Å². The number of amides is 2. The highest BCUT2D eigenvalue weighted by Gasteiger charge is 2.39. The highest BCUT2D eigenvalue weighted by Crippen LogP contribution is 2.30. The van der Waals surface area contributed by atoms with Gasteiger partial charge in [-0.15, -0.1) is 0 Å². The lowest BCUT2D eigenvalue weighted by molar-refractivity contribution is -0.148. The van der Waals surface area contributed by atoms with Crippen molar-refractivity contribution in [1.29, 1.82) is 0 Å². The second kappa shape index (κ2) is 8.47. The summed E-state index contributed by atoms with van der Waals surface area (Å²) in [5.41, 5.74) is 2.61. The summed E-state index contributed by atoms with van der Waals surface area (Å²) in [6.45, 7) is 4.40. The Labute approximate surface area is 155 Å². The molecule has 3 rings (SSSR count). The Morgan fingerprint density at radius 2 is 2.04 bits per heavy atom. The van der Waals surface area contributed by atoms with Crippen LogP contribution in [-0.4, -0.2) is 24.3 Å². The molecule has 1 fully saturated rings. The molecule has 1 aliphatic heterocycles. The third-order valence-electron chi connectivity index (χ3n) is 5.42. The summed E-state index contributed by atoms with van der Waals surface area (Å²) in [7, 11) is 0. The molecule has 2 atom stereocenters. The van der Waals surface area contributed by atoms with Crippen LogP contribution in [-0.2, 0) is 9.53 Å². The number of nitrogens with one attached hydrogen (secondary N) is 1. The van der Waals surface area contributed by atoms with Crippen LogP contribution < -0.4 is 5.32 Å². The molecule has 2 amide bonds. The second-order valence-electron chi connectivity index (χ2n) is 7.41. The van der Waals surface area contributed by atoms with Crippen LogP contribution in [0.2, 0.25) is 0 Å². The largest absolute Gasteiger partial charge is 0.465 e. The Kier molecular flexibility index (Phi) is 6.07. The van der Waals surface area contributed by atoms with Crippen LogP contribution in [0.3, 0.4) is 0 Å². The Morgan fingerprint density at radius 1 is 1.27 bits per heavy atom.